The van der Waals surface area contributed by atoms with Gasteiger partial charge in [-0.1, -0.05) is 18.2 Å². The fourth-order valence-corrected chi connectivity index (χ4v) is 3.65. The Bertz CT molecular complexity index is 726. The molecule has 0 spiro atoms. The van der Waals surface area contributed by atoms with Gasteiger partial charge in [0.2, 0.25) is 0 Å². The number of amides is 1. The molecule has 0 saturated carbocycles. The van der Waals surface area contributed by atoms with Crippen molar-refractivity contribution in [2.75, 3.05) is 33.2 Å². The number of hydrogen-bond acceptors (Lipinski definition) is 4. The van der Waals surface area contributed by atoms with Crippen LogP contribution in [0.15, 0.2) is 30.0 Å². The van der Waals surface area contributed by atoms with Gasteiger partial charge in [0.25, 0.3) is 5.91 Å². The molecular weight excluding hydrogens is 324 g/mol. The number of nitrogens with zero attached hydrogens (tertiary/aromatic N) is 3. The van der Waals surface area contributed by atoms with Crippen molar-refractivity contribution >= 4 is 5.91 Å². The monoisotopic (exact) mass is 352 g/mol. The molecule has 1 aliphatic carbocycles. The van der Waals surface area contributed by atoms with Crippen LogP contribution in [-0.2, 0) is 17.6 Å². The minimum atomic E-state index is -0.295. The predicted octanol–water partition coefficient (Wildman–Crippen LogP) is 2.40. The summed E-state index contributed by atoms with van der Waals surface area (Å²) in [7, 11) is 2.08. The second-order valence-electron chi connectivity index (χ2n) is 7.42. The summed E-state index contributed by atoms with van der Waals surface area (Å²) in [5.41, 5.74) is 4.13. The number of carbonyl (C=O) groups is 1. The summed E-state index contributed by atoms with van der Waals surface area (Å²) in [4.78, 5) is 16.8. The largest absolute Gasteiger partial charge is 0.374 e. The molecule has 0 bridgehead atoms. The van der Waals surface area contributed by atoms with E-state index < -0.39 is 0 Å². The lowest BCUT2D eigenvalue weighted by molar-refractivity contribution is -0.117. The Kier molecular flexibility index (Phi) is 5.95. The molecule has 0 radical (unpaired) electrons. The minimum Gasteiger partial charge on any atom is -0.374 e. The smallest absolute Gasteiger partial charge is 0.263 e. The maximum atomic E-state index is 12.5. The number of benzene rings is 1. The third-order valence-electron chi connectivity index (χ3n) is 5.43. The van der Waals surface area contributed by atoms with Crippen molar-refractivity contribution in [1.82, 2.24) is 15.1 Å². The van der Waals surface area contributed by atoms with E-state index in [1.165, 1.54) is 24.0 Å². The van der Waals surface area contributed by atoms with Gasteiger partial charge >= 0.3 is 0 Å². The highest BCUT2D eigenvalue weighted by Crippen LogP contribution is 2.24. The molecule has 1 aromatic rings. The van der Waals surface area contributed by atoms with Gasteiger partial charge in [0, 0.05) is 32.4 Å². The Labute approximate surface area is 156 Å². The number of nitrogens with one attached hydrogen (secondary N) is 1. The van der Waals surface area contributed by atoms with Gasteiger partial charge < -0.3 is 15.1 Å². The van der Waals surface area contributed by atoms with Crippen molar-refractivity contribution in [2.24, 2.45) is 0 Å². The number of fused-ring (bicyclic) bond motifs is 1. The molecule has 1 atom stereocenters. The summed E-state index contributed by atoms with van der Waals surface area (Å²) in [6, 6.07) is 8.46. The molecular formula is C21H28N4O. The standard InChI is InChI=1S/C21H28N4O/c1-16(18-8-7-17-5-3-4-6-19(17)13-18)23-21(26)20(14-22)15-25-11-9-24(2)10-12-25/h7-8,13,15-16H,3-6,9-12H2,1-2H3,(H,23,26)/b20-15-. The van der Waals surface area contributed by atoms with Crippen LogP contribution in [0.2, 0.25) is 0 Å². The molecule has 5 nitrogen and oxygen atoms in total. The first-order valence-electron chi connectivity index (χ1n) is 9.54. The lowest BCUT2D eigenvalue weighted by atomic mass is 9.89. The second-order valence-corrected chi connectivity index (χ2v) is 7.42. The lowest BCUT2D eigenvalue weighted by Crippen LogP contribution is -2.42. The van der Waals surface area contributed by atoms with E-state index in [-0.39, 0.29) is 17.5 Å². The van der Waals surface area contributed by atoms with Crippen LogP contribution in [0.3, 0.4) is 0 Å². The van der Waals surface area contributed by atoms with E-state index in [4.69, 9.17) is 0 Å². The minimum absolute atomic E-state index is 0.112. The van der Waals surface area contributed by atoms with Crippen molar-refractivity contribution in [1.29, 1.82) is 5.26 Å². The van der Waals surface area contributed by atoms with Crippen LogP contribution >= 0.6 is 0 Å². The van der Waals surface area contributed by atoms with Gasteiger partial charge in [-0.3, -0.25) is 4.79 Å². The number of aryl methyl sites for hydroxylation is 2. The summed E-state index contributed by atoms with van der Waals surface area (Å²) in [6.07, 6.45) is 6.49. The number of likely N-dealkylation sites (N-methyl/N-ethyl adjacent to an activating group) is 1. The van der Waals surface area contributed by atoms with Crippen LogP contribution < -0.4 is 5.32 Å². The first kappa shape index (κ1) is 18.5. The molecule has 2 aliphatic rings. The highest BCUT2D eigenvalue weighted by molar-refractivity contribution is 5.97. The summed E-state index contributed by atoms with van der Waals surface area (Å²) in [5.74, 6) is -0.295. The number of piperazine rings is 1. The topological polar surface area (TPSA) is 59.4 Å². The van der Waals surface area contributed by atoms with Crippen LogP contribution in [-0.4, -0.2) is 48.9 Å². The Hall–Kier alpha value is -2.32. The Morgan fingerprint density at radius 3 is 2.58 bits per heavy atom. The molecule has 5 heteroatoms. The van der Waals surface area contributed by atoms with E-state index >= 15 is 0 Å². The molecule has 3 rings (SSSR count). The highest BCUT2D eigenvalue weighted by atomic mass is 16.1. The second kappa shape index (κ2) is 8.37. The predicted molar refractivity (Wildman–Crippen MR) is 102 cm³/mol. The van der Waals surface area contributed by atoms with Gasteiger partial charge in [-0.2, -0.15) is 5.26 Å². The number of carbonyl (C=O) groups excluding carboxylic acids is 1. The number of hydrogen-bond donors (Lipinski definition) is 1. The third kappa shape index (κ3) is 4.44. The summed E-state index contributed by atoms with van der Waals surface area (Å²) in [6.45, 7) is 5.56. The molecule has 1 heterocycles. The lowest BCUT2D eigenvalue weighted by Gasteiger charge is -2.31. The zero-order valence-electron chi connectivity index (χ0n) is 15.8. The molecule has 26 heavy (non-hydrogen) atoms. The maximum absolute atomic E-state index is 12.5. The van der Waals surface area contributed by atoms with Gasteiger partial charge in [0.15, 0.2) is 0 Å². The van der Waals surface area contributed by atoms with Crippen LogP contribution in [0.25, 0.3) is 0 Å². The average molecular weight is 352 g/mol. The van der Waals surface area contributed by atoms with Crippen LogP contribution in [0.5, 0.6) is 0 Å². The molecule has 0 aromatic heterocycles. The van der Waals surface area contributed by atoms with Crippen molar-refractivity contribution in [3.8, 4) is 6.07 Å². The molecule has 1 fully saturated rings. The molecule has 1 saturated heterocycles. The highest BCUT2D eigenvalue weighted by Gasteiger charge is 2.18. The fourth-order valence-electron chi connectivity index (χ4n) is 3.65. The quantitative estimate of drug-likeness (QED) is 0.668. The Morgan fingerprint density at radius 2 is 1.88 bits per heavy atom. The van der Waals surface area contributed by atoms with Gasteiger partial charge in [-0.05, 0) is 56.3 Å². The summed E-state index contributed by atoms with van der Waals surface area (Å²) < 4.78 is 0. The van der Waals surface area contributed by atoms with E-state index in [2.05, 4.69) is 46.4 Å². The molecule has 1 aromatic carbocycles. The molecule has 1 N–H and O–H groups in total. The van der Waals surface area contributed by atoms with E-state index in [1.54, 1.807) is 6.20 Å². The zero-order valence-corrected chi connectivity index (χ0v) is 15.8. The molecule has 138 valence electrons. The summed E-state index contributed by atoms with van der Waals surface area (Å²) in [5, 5.41) is 12.4. The summed E-state index contributed by atoms with van der Waals surface area (Å²) >= 11 is 0. The zero-order chi connectivity index (χ0) is 18.5. The average Bonchev–Trinajstić information content (AvgIpc) is 2.67. The van der Waals surface area contributed by atoms with Gasteiger partial charge in [-0.25, -0.2) is 0 Å². The van der Waals surface area contributed by atoms with E-state index in [1.807, 2.05) is 6.92 Å². The van der Waals surface area contributed by atoms with Crippen LogP contribution in [0.1, 0.15) is 42.5 Å². The van der Waals surface area contributed by atoms with E-state index in [0.717, 1.165) is 44.6 Å². The fraction of sp³-hybridized carbons (Fsp3) is 0.524. The first-order valence-corrected chi connectivity index (χ1v) is 9.54. The number of rotatable bonds is 4. The Morgan fingerprint density at radius 1 is 1.19 bits per heavy atom. The first-order chi connectivity index (χ1) is 12.6. The molecule has 1 aliphatic heterocycles. The van der Waals surface area contributed by atoms with Gasteiger partial charge in [0.05, 0.1) is 6.04 Å². The van der Waals surface area contributed by atoms with Crippen LogP contribution in [0, 0.1) is 11.3 Å². The van der Waals surface area contributed by atoms with E-state index in [0.29, 0.717) is 0 Å². The Balaban J connectivity index is 1.65. The number of nitriles is 1. The van der Waals surface area contributed by atoms with Crippen LogP contribution in [0.4, 0.5) is 0 Å². The van der Waals surface area contributed by atoms with Crippen molar-refractivity contribution < 1.29 is 4.79 Å². The third-order valence-corrected chi connectivity index (χ3v) is 5.43. The normalized spacial score (nSPS) is 19.4. The van der Waals surface area contributed by atoms with Crippen molar-refractivity contribution in [3.05, 3.63) is 46.7 Å². The molecule has 1 amide bonds. The SMILES string of the molecule is CC(NC(=O)/C(C#N)=C\N1CCN(C)CC1)c1ccc2c(c1)CCCC2. The van der Waals surface area contributed by atoms with Crippen molar-refractivity contribution in [3.63, 3.8) is 0 Å². The van der Waals surface area contributed by atoms with Crippen molar-refractivity contribution in [2.45, 2.75) is 38.6 Å². The maximum Gasteiger partial charge on any atom is 0.263 e. The van der Waals surface area contributed by atoms with E-state index in [9.17, 15) is 10.1 Å². The molecule has 1 unspecified atom stereocenters. The van der Waals surface area contributed by atoms with Gasteiger partial charge in [0.1, 0.15) is 11.6 Å². The van der Waals surface area contributed by atoms with Gasteiger partial charge in [-0.15, -0.1) is 0 Å².